The van der Waals surface area contributed by atoms with Crippen LogP contribution < -0.4 is 15.5 Å². The molecule has 0 spiro atoms. The van der Waals surface area contributed by atoms with Crippen LogP contribution in [0.4, 0.5) is 21.5 Å². The summed E-state index contributed by atoms with van der Waals surface area (Å²) >= 11 is 0. The summed E-state index contributed by atoms with van der Waals surface area (Å²) in [5.74, 6) is -0.757. The number of anilines is 3. The van der Waals surface area contributed by atoms with Crippen molar-refractivity contribution >= 4 is 40.1 Å². The van der Waals surface area contributed by atoms with E-state index < -0.39 is 5.82 Å². The molecule has 0 aliphatic carbocycles. The van der Waals surface area contributed by atoms with Gasteiger partial charge in [0.25, 0.3) is 5.91 Å². The Morgan fingerprint density at radius 2 is 1.67 bits per heavy atom. The second kappa shape index (κ2) is 10.7. The molecular weight excluding hydrogens is 455 g/mol. The van der Waals surface area contributed by atoms with Gasteiger partial charge in [0.05, 0.1) is 17.0 Å². The molecule has 3 aromatic carbocycles. The van der Waals surface area contributed by atoms with Gasteiger partial charge in [-0.05, 0) is 62.1 Å². The zero-order valence-electron chi connectivity index (χ0n) is 21.0. The quantitative estimate of drug-likeness (QED) is 0.424. The molecule has 0 radical (unpaired) electrons. The lowest BCUT2D eigenvalue weighted by Gasteiger charge is -2.26. The zero-order valence-corrected chi connectivity index (χ0v) is 21.0. The van der Waals surface area contributed by atoms with Crippen LogP contribution in [-0.4, -0.2) is 43.9 Å². The van der Waals surface area contributed by atoms with Gasteiger partial charge in [0.15, 0.2) is 0 Å². The lowest BCUT2D eigenvalue weighted by Crippen LogP contribution is -2.39. The van der Waals surface area contributed by atoms with Crippen molar-refractivity contribution in [1.29, 1.82) is 0 Å². The van der Waals surface area contributed by atoms with Crippen LogP contribution in [0, 0.1) is 11.7 Å². The van der Waals surface area contributed by atoms with Gasteiger partial charge >= 0.3 is 0 Å². The molecule has 0 aromatic heterocycles. The van der Waals surface area contributed by atoms with Crippen molar-refractivity contribution in [2.45, 2.75) is 13.8 Å². The fourth-order valence-electron chi connectivity index (χ4n) is 4.12. The van der Waals surface area contributed by atoms with E-state index >= 15 is 0 Å². The monoisotopic (exact) mass is 486 g/mol. The van der Waals surface area contributed by atoms with Crippen LogP contribution in [-0.2, 0) is 9.59 Å². The standard InChI is InChI=1S/C29H31FN4O2/c1-19(2)29(36)34(17-16-33(3)4)23-13-11-22(12-14-23)31-27(20-8-6-5-7-9-20)26-24-15-10-21(30)18-25(24)32-28(26)35/h5-15,18-19,31H,16-17H2,1-4H3,(H,32,35)/b27-26+. The predicted octanol–water partition coefficient (Wildman–Crippen LogP) is 5.31. The number of rotatable bonds is 8. The van der Waals surface area contributed by atoms with Crippen LogP contribution in [0.15, 0.2) is 72.8 Å². The van der Waals surface area contributed by atoms with E-state index in [2.05, 4.69) is 10.6 Å². The summed E-state index contributed by atoms with van der Waals surface area (Å²) in [7, 11) is 3.96. The molecule has 1 aliphatic heterocycles. The number of likely N-dealkylation sites (N-methyl/N-ethyl adjacent to an activating group) is 1. The molecule has 1 aliphatic rings. The highest BCUT2D eigenvalue weighted by Crippen LogP contribution is 2.38. The summed E-state index contributed by atoms with van der Waals surface area (Å²) in [5.41, 5.74) is 4.56. The summed E-state index contributed by atoms with van der Waals surface area (Å²) in [6.07, 6.45) is 0. The van der Waals surface area contributed by atoms with Crippen LogP contribution in [0.25, 0.3) is 11.3 Å². The maximum Gasteiger partial charge on any atom is 0.258 e. The van der Waals surface area contributed by atoms with E-state index in [9.17, 15) is 14.0 Å². The first-order valence-corrected chi connectivity index (χ1v) is 12.0. The normalized spacial score (nSPS) is 14.0. The molecule has 2 amide bonds. The molecule has 0 saturated carbocycles. The van der Waals surface area contributed by atoms with Crippen molar-refractivity contribution in [3.05, 3.63) is 89.7 Å². The molecule has 0 fully saturated rings. The molecule has 0 bridgehead atoms. The number of amides is 2. The van der Waals surface area contributed by atoms with Gasteiger partial charge in [-0.2, -0.15) is 0 Å². The zero-order chi connectivity index (χ0) is 25.8. The first-order chi connectivity index (χ1) is 17.2. The van der Waals surface area contributed by atoms with E-state index in [-0.39, 0.29) is 17.7 Å². The second-order valence-corrected chi connectivity index (χ2v) is 9.38. The van der Waals surface area contributed by atoms with E-state index in [1.165, 1.54) is 12.1 Å². The molecule has 1 heterocycles. The average Bonchev–Trinajstić information content (AvgIpc) is 3.18. The van der Waals surface area contributed by atoms with Gasteiger partial charge in [-0.25, -0.2) is 4.39 Å². The number of carbonyl (C=O) groups is 2. The molecule has 0 unspecified atom stereocenters. The maximum atomic E-state index is 13.8. The molecule has 4 rings (SSSR count). The lowest BCUT2D eigenvalue weighted by molar-refractivity contribution is -0.121. The highest BCUT2D eigenvalue weighted by atomic mass is 19.1. The number of hydrogen-bond acceptors (Lipinski definition) is 4. The minimum Gasteiger partial charge on any atom is -0.354 e. The van der Waals surface area contributed by atoms with Crippen molar-refractivity contribution < 1.29 is 14.0 Å². The van der Waals surface area contributed by atoms with Gasteiger partial charge in [0.2, 0.25) is 5.91 Å². The summed E-state index contributed by atoms with van der Waals surface area (Å²) in [6.45, 7) is 5.13. The molecule has 7 heteroatoms. The van der Waals surface area contributed by atoms with E-state index in [0.29, 0.717) is 29.1 Å². The smallest absolute Gasteiger partial charge is 0.258 e. The van der Waals surface area contributed by atoms with E-state index in [1.807, 2.05) is 87.4 Å². The minimum atomic E-state index is -0.408. The number of benzene rings is 3. The first kappa shape index (κ1) is 25.1. The van der Waals surface area contributed by atoms with Gasteiger partial charge in [-0.1, -0.05) is 44.2 Å². The van der Waals surface area contributed by atoms with E-state index in [0.717, 1.165) is 23.5 Å². The summed E-state index contributed by atoms with van der Waals surface area (Å²) in [5, 5.41) is 6.17. The number of fused-ring (bicyclic) bond motifs is 1. The average molecular weight is 487 g/mol. The number of nitrogens with one attached hydrogen (secondary N) is 2. The van der Waals surface area contributed by atoms with Crippen molar-refractivity contribution in [2.24, 2.45) is 5.92 Å². The third-order valence-corrected chi connectivity index (χ3v) is 6.02. The lowest BCUT2D eigenvalue weighted by atomic mass is 10.00. The Hall–Kier alpha value is -3.97. The van der Waals surface area contributed by atoms with Gasteiger partial charge in [-0.3, -0.25) is 9.59 Å². The number of hydrogen-bond donors (Lipinski definition) is 2. The Balaban J connectivity index is 1.70. The molecule has 0 atom stereocenters. The van der Waals surface area contributed by atoms with Crippen LogP contribution in [0.1, 0.15) is 25.0 Å². The second-order valence-electron chi connectivity index (χ2n) is 9.38. The minimum absolute atomic E-state index is 0.0658. The van der Waals surface area contributed by atoms with Gasteiger partial charge in [0, 0.05) is 35.9 Å². The third-order valence-electron chi connectivity index (χ3n) is 6.02. The third kappa shape index (κ3) is 5.47. The van der Waals surface area contributed by atoms with Gasteiger partial charge in [0.1, 0.15) is 5.82 Å². The van der Waals surface area contributed by atoms with Crippen LogP contribution >= 0.6 is 0 Å². The van der Waals surface area contributed by atoms with Crippen LogP contribution in [0.5, 0.6) is 0 Å². The van der Waals surface area contributed by atoms with E-state index in [4.69, 9.17) is 0 Å². The summed E-state index contributed by atoms with van der Waals surface area (Å²) < 4.78 is 13.8. The summed E-state index contributed by atoms with van der Waals surface area (Å²) in [4.78, 5) is 29.7. The van der Waals surface area contributed by atoms with Gasteiger partial charge in [-0.15, -0.1) is 0 Å². The Labute approximate surface area is 211 Å². The molecule has 6 nitrogen and oxygen atoms in total. The molecule has 3 aromatic rings. The summed E-state index contributed by atoms with van der Waals surface area (Å²) in [6, 6.07) is 21.5. The molecule has 2 N–H and O–H groups in total. The van der Waals surface area contributed by atoms with E-state index in [1.54, 1.807) is 11.0 Å². The Kier molecular flexibility index (Phi) is 7.50. The fraction of sp³-hybridized carbons (Fsp3) is 0.241. The maximum absolute atomic E-state index is 13.8. The van der Waals surface area contributed by atoms with Crippen molar-refractivity contribution in [3.63, 3.8) is 0 Å². The fourth-order valence-corrected chi connectivity index (χ4v) is 4.12. The molecular formula is C29H31FN4O2. The van der Waals surface area contributed by atoms with Gasteiger partial charge < -0.3 is 20.4 Å². The Morgan fingerprint density at radius 1 is 0.972 bits per heavy atom. The first-order valence-electron chi connectivity index (χ1n) is 12.0. The molecule has 186 valence electrons. The number of nitrogens with zero attached hydrogens (tertiary/aromatic N) is 2. The molecule has 36 heavy (non-hydrogen) atoms. The van der Waals surface area contributed by atoms with Crippen molar-refractivity contribution in [3.8, 4) is 0 Å². The van der Waals surface area contributed by atoms with Crippen molar-refractivity contribution in [2.75, 3.05) is 42.7 Å². The Morgan fingerprint density at radius 3 is 2.31 bits per heavy atom. The van der Waals surface area contributed by atoms with Crippen LogP contribution in [0.2, 0.25) is 0 Å². The molecule has 0 saturated heterocycles. The predicted molar refractivity (Wildman–Crippen MR) is 144 cm³/mol. The SMILES string of the molecule is CC(C)C(=O)N(CCN(C)C)c1ccc(N/C(=C2/C(=O)Nc3cc(F)ccc32)c2ccccc2)cc1. The Bertz CT molecular complexity index is 1280. The number of carbonyl (C=O) groups excluding carboxylic acids is 2. The highest BCUT2D eigenvalue weighted by molar-refractivity contribution is 6.37. The largest absolute Gasteiger partial charge is 0.354 e. The topological polar surface area (TPSA) is 64.7 Å². The number of halogens is 1. The highest BCUT2D eigenvalue weighted by Gasteiger charge is 2.29. The van der Waals surface area contributed by atoms with Crippen LogP contribution in [0.3, 0.4) is 0 Å². The van der Waals surface area contributed by atoms with Crippen molar-refractivity contribution in [1.82, 2.24) is 4.90 Å².